The number of benzene rings is 2. The molecular weight excluding hydrogens is 349 g/mol. The number of nitrogens with one attached hydrogen (secondary N) is 1. The topological polar surface area (TPSA) is 75.5 Å². The maximum absolute atomic E-state index is 13.3. The minimum atomic E-state index is -0.629. The van der Waals surface area contributed by atoms with Gasteiger partial charge in [-0.25, -0.2) is 4.39 Å². The maximum atomic E-state index is 13.3. The van der Waals surface area contributed by atoms with Gasteiger partial charge in [0, 0.05) is 25.6 Å². The van der Waals surface area contributed by atoms with Gasteiger partial charge in [-0.1, -0.05) is 29.8 Å². The number of rotatable bonds is 5. The average molecular weight is 371 g/mol. The van der Waals surface area contributed by atoms with E-state index in [1.165, 1.54) is 17.7 Å². The molecule has 1 heterocycles. The number of halogens is 1. The second-order valence-electron chi connectivity index (χ2n) is 6.85. The highest BCUT2D eigenvalue weighted by Gasteiger charge is 2.28. The van der Waals surface area contributed by atoms with E-state index in [0.29, 0.717) is 38.2 Å². The number of carbonyl (C=O) groups excluding carboxylic acids is 1. The van der Waals surface area contributed by atoms with Gasteiger partial charge >= 0.3 is 0 Å². The SMILES string of the molecule is Cc1ccc(CNC(=O)C2CCN(c3ccc(F)cc3[N+](=O)[O-])CC2)cc1. The molecule has 2 aromatic rings. The monoisotopic (exact) mass is 371 g/mol. The van der Waals surface area contributed by atoms with Crippen LogP contribution in [0, 0.1) is 28.8 Å². The molecule has 0 bridgehead atoms. The van der Waals surface area contributed by atoms with Gasteiger partial charge in [-0.2, -0.15) is 0 Å². The highest BCUT2D eigenvalue weighted by molar-refractivity contribution is 5.79. The number of hydrogen-bond acceptors (Lipinski definition) is 4. The maximum Gasteiger partial charge on any atom is 0.295 e. The fraction of sp³-hybridized carbons (Fsp3) is 0.350. The third kappa shape index (κ3) is 4.61. The lowest BCUT2D eigenvalue weighted by molar-refractivity contribution is -0.384. The van der Waals surface area contributed by atoms with Crippen LogP contribution in [0.1, 0.15) is 24.0 Å². The van der Waals surface area contributed by atoms with Gasteiger partial charge in [-0.05, 0) is 37.5 Å². The fourth-order valence-corrected chi connectivity index (χ4v) is 3.33. The van der Waals surface area contributed by atoms with Crippen molar-refractivity contribution < 1.29 is 14.1 Å². The number of nitrogens with zero attached hydrogens (tertiary/aromatic N) is 2. The minimum absolute atomic E-state index is 0.00355. The van der Waals surface area contributed by atoms with Crippen LogP contribution in [-0.2, 0) is 11.3 Å². The van der Waals surface area contributed by atoms with E-state index in [1.54, 1.807) is 0 Å². The number of nitro benzene ring substituents is 1. The summed E-state index contributed by atoms with van der Waals surface area (Å²) in [5.74, 6) is -0.745. The molecule has 0 saturated carbocycles. The van der Waals surface area contributed by atoms with Crippen molar-refractivity contribution in [1.29, 1.82) is 0 Å². The molecule has 1 aliphatic rings. The Labute approximate surface area is 157 Å². The van der Waals surface area contributed by atoms with Crippen LogP contribution in [0.3, 0.4) is 0 Å². The van der Waals surface area contributed by atoms with E-state index in [0.717, 1.165) is 11.6 Å². The molecule has 1 N–H and O–H groups in total. The summed E-state index contributed by atoms with van der Waals surface area (Å²) >= 11 is 0. The van der Waals surface area contributed by atoms with E-state index < -0.39 is 10.7 Å². The molecule has 1 fully saturated rings. The zero-order chi connectivity index (χ0) is 19.4. The second-order valence-corrected chi connectivity index (χ2v) is 6.85. The van der Waals surface area contributed by atoms with Crippen LogP contribution < -0.4 is 10.2 Å². The Hall–Kier alpha value is -2.96. The third-order valence-corrected chi connectivity index (χ3v) is 4.93. The quantitative estimate of drug-likeness (QED) is 0.644. The molecule has 0 aliphatic carbocycles. The van der Waals surface area contributed by atoms with Crippen molar-refractivity contribution in [2.45, 2.75) is 26.3 Å². The zero-order valence-corrected chi connectivity index (χ0v) is 15.2. The van der Waals surface area contributed by atoms with Crippen LogP contribution in [-0.4, -0.2) is 23.9 Å². The number of piperidine rings is 1. The summed E-state index contributed by atoms with van der Waals surface area (Å²) in [6.45, 7) is 3.55. The largest absolute Gasteiger partial charge is 0.366 e. The second kappa shape index (κ2) is 8.16. The lowest BCUT2D eigenvalue weighted by Crippen LogP contribution is -2.40. The Morgan fingerprint density at radius 2 is 1.89 bits per heavy atom. The summed E-state index contributed by atoms with van der Waals surface area (Å²) in [4.78, 5) is 24.9. The van der Waals surface area contributed by atoms with Crippen molar-refractivity contribution >= 4 is 17.3 Å². The summed E-state index contributed by atoms with van der Waals surface area (Å²) in [6.07, 6.45) is 1.21. The summed E-state index contributed by atoms with van der Waals surface area (Å²) in [5.41, 5.74) is 2.39. The Kier molecular flexibility index (Phi) is 5.69. The molecule has 0 atom stereocenters. The normalized spacial score (nSPS) is 14.8. The summed E-state index contributed by atoms with van der Waals surface area (Å²) in [6, 6.07) is 11.6. The van der Waals surface area contributed by atoms with Crippen molar-refractivity contribution in [2.75, 3.05) is 18.0 Å². The van der Waals surface area contributed by atoms with Gasteiger partial charge in [0.25, 0.3) is 5.69 Å². The first-order valence-electron chi connectivity index (χ1n) is 8.96. The molecule has 0 spiro atoms. The molecule has 1 amide bonds. The van der Waals surface area contributed by atoms with E-state index in [4.69, 9.17) is 0 Å². The number of amides is 1. The predicted octanol–water partition coefficient (Wildman–Crippen LogP) is 3.58. The number of anilines is 1. The zero-order valence-electron chi connectivity index (χ0n) is 15.2. The van der Waals surface area contributed by atoms with Gasteiger partial charge in [0.05, 0.1) is 11.0 Å². The number of aryl methyl sites for hydroxylation is 1. The van der Waals surface area contributed by atoms with E-state index in [-0.39, 0.29) is 17.5 Å². The van der Waals surface area contributed by atoms with Gasteiger partial charge in [-0.3, -0.25) is 14.9 Å². The summed E-state index contributed by atoms with van der Waals surface area (Å²) in [7, 11) is 0. The molecular formula is C20H22FN3O3. The highest BCUT2D eigenvalue weighted by Crippen LogP contribution is 2.32. The van der Waals surface area contributed by atoms with Crippen LogP contribution in [0.4, 0.5) is 15.8 Å². The number of nitro groups is 1. The van der Waals surface area contributed by atoms with E-state index in [1.807, 2.05) is 36.1 Å². The Balaban J connectivity index is 1.56. The lowest BCUT2D eigenvalue weighted by atomic mass is 9.95. The van der Waals surface area contributed by atoms with Crippen LogP contribution >= 0.6 is 0 Å². The lowest BCUT2D eigenvalue weighted by Gasteiger charge is -2.32. The predicted molar refractivity (Wildman–Crippen MR) is 101 cm³/mol. The molecule has 0 radical (unpaired) electrons. The van der Waals surface area contributed by atoms with Gasteiger partial charge in [-0.15, -0.1) is 0 Å². The molecule has 0 aromatic heterocycles. The van der Waals surface area contributed by atoms with Crippen LogP contribution in [0.5, 0.6) is 0 Å². The standard InChI is InChI=1S/C20H22FN3O3/c1-14-2-4-15(5-3-14)13-22-20(25)16-8-10-23(11-9-16)18-7-6-17(21)12-19(18)24(26)27/h2-7,12,16H,8-11,13H2,1H3,(H,22,25). The highest BCUT2D eigenvalue weighted by atomic mass is 19.1. The number of hydrogen-bond donors (Lipinski definition) is 1. The van der Waals surface area contributed by atoms with Gasteiger partial charge in [0.15, 0.2) is 0 Å². The fourth-order valence-electron chi connectivity index (χ4n) is 3.33. The summed E-state index contributed by atoms with van der Waals surface area (Å²) < 4.78 is 13.3. The first-order valence-corrected chi connectivity index (χ1v) is 8.96. The molecule has 6 nitrogen and oxygen atoms in total. The van der Waals surface area contributed by atoms with Crippen LogP contribution in [0.2, 0.25) is 0 Å². The molecule has 7 heteroatoms. The first kappa shape index (κ1) is 18.8. The number of carbonyl (C=O) groups is 1. The Morgan fingerprint density at radius 3 is 2.52 bits per heavy atom. The van der Waals surface area contributed by atoms with Crippen molar-refractivity contribution in [3.63, 3.8) is 0 Å². The molecule has 1 aliphatic heterocycles. The Bertz CT molecular complexity index is 831. The molecule has 27 heavy (non-hydrogen) atoms. The van der Waals surface area contributed by atoms with Crippen LogP contribution in [0.25, 0.3) is 0 Å². The Morgan fingerprint density at radius 1 is 1.22 bits per heavy atom. The van der Waals surface area contributed by atoms with Crippen LogP contribution in [0.15, 0.2) is 42.5 Å². The third-order valence-electron chi connectivity index (χ3n) is 4.93. The van der Waals surface area contributed by atoms with Gasteiger partial charge in [0.2, 0.25) is 5.91 Å². The van der Waals surface area contributed by atoms with E-state index in [9.17, 15) is 19.3 Å². The molecule has 2 aromatic carbocycles. The molecule has 1 saturated heterocycles. The van der Waals surface area contributed by atoms with Crippen molar-refractivity contribution in [1.82, 2.24) is 5.32 Å². The molecule has 142 valence electrons. The smallest absolute Gasteiger partial charge is 0.295 e. The van der Waals surface area contributed by atoms with Gasteiger partial charge < -0.3 is 10.2 Å². The average Bonchev–Trinajstić information content (AvgIpc) is 2.67. The summed E-state index contributed by atoms with van der Waals surface area (Å²) in [5, 5.41) is 14.1. The van der Waals surface area contributed by atoms with E-state index >= 15 is 0 Å². The van der Waals surface area contributed by atoms with Gasteiger partial charge in [0.1, 0.15) is 11.5 Å². The van der Waals surface area contributed by atoms with Crippen molar-refractivity contribution in [2.24, 2.45) is 5.92 Å². The molecule has 3 rings (SSSR count). The minimum Gasteiger partial charge on any atom is -0.366 e. The van der Waals surface area contributed by atoms with Crippen molar-refractivity contribution in [3.05, 3.63) is 69.5 Å². The first-order chi connectivity index (χ1) is 12.9. The van der Waals surface area contributed by atoms with E-state index in [2.05, 4.69) is 5.32 Å². The van der Waals surface area contributed by atoms with Crippen molar-refractivity contribution in [3.8, 4) is 0 Å². The molecule has 0 unspecified atom stereocenters.